The number of hydrogen-bond acceptors (Lipinski definition) is 0. The summed E-state index contributed by atoms with van der Waals surface area (Å²) in [5, 5.41) is 0. The van der Waals surface area contributed by atoms with Gasteiger partial charge in [0.1, 0.15) is 0 Å². The van der Waals surface area contributed by atoms with Crippen LogP contribution in [0, 0.1) is 0 Å². The van der Waals surface area contributed by atoms with Gasteiger partial charge < -0.3 is 0 Å². The van der Waals surface area contributed by atoms with Gasteiger partial charge >= 0.3 is 0 Å². The van der Waals surface area contributed by atoms with Crippen LogP contribution in [0.3, 0.4) is 0 Å². The second-order valence-electron chi connectivity index (χ2n) is 8.00. The minimum atomic E-state index is -0.924. The van der Waals surface area contributed by atoms with Gasteiger partial charge in [0.25, 0.3) is 0 Å². The second-order valence-corrected chi connectivity index (χ2v) is 13.2. The molecule has 0 aliphatic heterocycles. The lowest BCUT2D eigenvalue weighted by molar-refractivity contribution is 0.538. The standard InChI is InChI=1S/C21H44Si/c1-5-7-8-9-10-11-12-13-14-15-16-17-18-19-21-22(3,4)20-6-2/h6H,2,5,7-21H2,1,3-4H3. The SMILES string of the molecule is C=CC[Si](C)(C)CCCCCCCCCCCCCCCC. The second kappa shape index (κ2) is 15.8. The van der Waals surface area contributed by atoms with Crippen LogP contribution in [-0.4, -0.2) is 8.07 Å². The highest BCUT2D eigenvalue weighted by atomic mass is 28.3. The first kappa shape index (κ1) is 22.0. The molecule has 0 N–H and O–H groups in total. The van der Waals surface area contributed by atoms with E-state index < -0.39 is 8.07 Å². The monoisotopic (exact) mass is 324 g/mol. The Labute approximate surface area is 143 Å². The Hall–Kier alpha value is -0.0431. The zero-order valence-corrected chi connectivity index (χ0v) is 17.1. The first-order chi connectivity index (χ1) is 10.6. The summed E-state index contributed by atoms with van der Waals surface area (Å²) in [5.41, 5.74) is 0. The van der Waals surface area contributed by atoms with Crippen molar-refractivity contribution in [2.75, 3.05) is 0 Å². The van der Waals surface area contributed by atoms with Gasteiger partial charge in [0.15, 0.2) is 0 Å². The van der Waals surface area contributed by atoms with Gasteiger partial charge in [0.2, 0.25) is 0 Å². The summed E-state index contributed by atoms with van der Waals surface area (Å²) >= 11 is 0. The average molecular weight is 325 g/mol. The van der Waals surface area contributed by atoms with Crippen molar-refractivity contribution in [2.24, 2.45) is 0 Å². The van der Waals surface area contributed by atoms with Crippen LogP contribution in [0.4, 0.5) is 0 Å². The van der Waals surface area contributed by atoms with Crippen LogP contribution >= 0.6 is 0 Å². The van der Waals surface area contributed by atoms with Gasteiger partial charge in [-0.25, -0.2) is 0 Å². The molecule has 0 aliphatic rings. The Balaban J connectivity index is 3.13. The largest absolute Gasteiger partial charge is 0.103 e. The van der Waals surface area contributed by atoms with Gasteiger partial charge in [-0.3, -0.25) is 0 Å². The molecule has 0 aliphatic carbocycles. The van der Waals surface area contributed by atoms with Crippen LogP contribution in [0.5, 0.6) is 0 Å². The molecule has 0 amide bonds. The molecular formula is C21H44Si. The number of hydrogen-bond donors (Lipinski definition) is 0. The minimum absolute atomic E-state index is 0.924. The predicted molar refractivity (Wildman–Crippen MR) is 108 cm³/mol. The molecule has 0 atom stereocenters. The lowest BCUT2D eigenvalue weighted by Gasteiger charge is -2.19. The molecule has 0 rings (SSSR count). The van der Waals surface area contributed by atoms with E-state index in [0.29, 0.717) is 0 Å². The molecule has 0 unspecified atom stereocenters. The summed E-state index contributed by atoms with van der Waals surface area (Å²) in [6.07, 6.45) is 22.6. The highest BCUT2D eigenvalue weighted by molar-refractivity contribution is 6.77. The van der Waals surface area contributed by atoms with Crippen molar-refractivity contribution in [3.05, 3.63) is 12.7 Å². The molecule has 0 radical (unpaired) electrons. The average Bonchev–Trinajstić information content (AvgIpc) is 2.47. The highest BCUT2D eigenvalue weighted by Crippen LogP contribution is 2.20. The maximum absolute atomic E-state index is 3.90. The molecule has 1 heteroatoms. The predicted octanol–water partition coefficient (Wildman–Crippen LogP) is 8.36. The fourth-order valence-corrected chi connectivity index (χ4v) is 5.48. The summed E-state index contributed by atoms with van der Waals surface area (Å²) < 4.78 is 0. The smallest absolute Gasteiger partial charge is 0.0511 e. The number of rotatable bonds is 17. The Morgan fingerprint density at radius 3 is 1.36 bits per heavy atom. The molecule has 0 aromatic heterocycles. The molecule has 0 heterocycles. The maximum Gasteiger partial charge on any atom is 0.0511 e. The fraction of sp³-hybridized carbons (Fsp3) is 0.905. The third kappa shape index (κ3) is 16.3. The maximum atomic E-state index is 3.90. The summed E-state index contributed by atoms with van der Waals surface area (Å²) in [4.78, 5) is 0. The summed E-state index contributed by atoms with van der Waals surface area (Å²) in [5.74, 6) is 0. The van der Waals surface area contributed by atoms with Crippen molar-refractivity contribution in [3.8, 4) is 0 Å². The van der Waals surface area contributed by atoms with Gasteiger partial charge in [-0.15, -0.1) is 6.58 Å². The zero-order valence-electron chi connectivity index (χ0n) is 16.1. The Bertz CT molecular complexity index is 232. The minimum Gasteiger partial charge on any atom is -0.103 e. The van der Waals surface area contributed by atoms with Crippen LogP contribution < -0.4 is 0 Å². The van der Waals surface area contributed by atoms with Crippen molar-refractivity contribution in [1.82, 2.24) is 0 Å². The van der Waals surface area contributed by atoms with Crippen molar-refractivity contribution in [3.63, 3.8) is 0 Å². The van der Waals surface area contributed by atoms with E-state index in [9.17, 15) is 0 Å². The summed E-state index contributed by atoms with van der Waals surface area (Å²) in [6.45, 7) is 11.2. The van der Waals surface area contributed by atoms with Gasteiger partial charge in [-0.2, -0.15) is 0 Å². The number of allylic oxidation sites excluding steroid dienone is 1. The zero-order chi connectivity index (χ0) is 16.5. The van der Waals surface area contributed by atoms with Crippen molar-refractivity contribution in [1.29, 1.82) is 0 Å². The first-order valence-corrected chi connectivity index (χ1v) is 13.6. The Morgan fingerprint density at radius 2 is 1.00 bits per heavy atom. The van der Waals surface area contributed by atoms with Gasteiger partial charge in [-0.05, 0) is 6.04 Å². The molecule has 0 aromatic carbocycles. The number of unbranched alkanes of at least 4 members (excludes halogenated alkanes) is 13. The van der Waals surface area contributed by atoms with E-state index in [1.54, 1.807) is 0 Å². The third-order valence-electron chi connectivity index (χ3n) is 4.90. The molecule has 0 bridgehead atoms. The van der Waals surface area contributed by atoms with Crippen LogP contribution in [0.2, 0.25) is 25.2 Å². The van der Waals surface area contributed by atoms with E-state index >= 15 is 0 Å². The third-order valence-corrected chi connectivity index (χ3v) is 8.00. The van der Waals surface area contributed by atoms with E-state index in [4.69, 9.17) is 0 Å². The van der Waals surface area contributed by atoms with Crippen LogP contribution in [0.25, 0.3) is 0 Å². The summed E-state index contributed by atoms with van der Waals surface area (Å²) in [7, 11) is -0.924. The Morgan fingerprint density at radius 1 is 0.636 bits per heavy atom. The van der Waals surface area contributed by atoms with Crippen molar-refractivity contribution < 1.29 is 0 Å². The highest BCUT2D eigenvalue weighted by Gasteiger charge is 2.17. The van der Waals surface area contributed by atoms with Gasteiger partial charge in [0.05, 0.1) is 8.07 Å². The van der Waals surface area contributed by atoms with Crippen molar-refractivity contribution >= 4 is 8.07 Å². The van der Waals surface area contributed by atoms with Crippen LogP contribution in [-0.2, 0) is 0 Å². The molecule has 22 heavy (non-hydrogen) atoms. The molecule has 132 valence electrons. The molecule has 0 saturated carbocycles. The molecule has 0 nitrogen and oxygen atoms in total. The lowest BCUT2D eigenvalue weighted by atomic mass is 10.0. The van der Waals surface area contributed by atoms with Gasteiger partial charge in [0, 0.05) is 0 Å². The van der Waals surface area contributed by atoms with Crippen molar-refractivity contribution in [2.45, 2.75) is 122 Å². The molecule has 0 fully saturated rings. The van der Waals surface area contributed by atoms with E-state index in [1.807, 2.05) is 0 Å². The normalized spacial score (nSPS) is 11.8. The van der Waals surface area contributed by atoms with E-state index in [1.165, 1.54) is 102 Å². The molecule has 0 spiro atoms. The van der Waals surface area contributed by atoms with Gasteiger partial charge in [-0.1, -0.05) is 122 Å². The van der Waals surface area contributed by atoms with E-state index in [-0.39, 0.29) is 0 Å². The van der Waals surface area contributed by atoms with Crippen LogP contribution in [0.1, 0.15) is 96.8 Å². The first-order valence-electron chi connectivity index (χ1n) is 10.2. The lowest BCUT2D eigenvalue weighted by Crippen LogP contribution is -2.23. The molecule has 0 aromatic rings. The molecule has 0 saturated heterocycles. The summed E-state index contributed by atoms with van der Waals surface area (Å²) in [6, 6.07) is 2.79. The van der Waals surface area contributed by atoms with E-state index in [2.05, 4.69) is 32.7 Å². The quantitative estimate of drug-likeness (QED) is 0.143. The van der Waals surface area contributed by atoms with Crippen LogP contribution in [0.15, 0.2) is 12.7 Å². The Kier molecular flexibility index (Phi) is 15.8. The van der Waals surface area contributed by atoms with E-state index in [0.717, 1.165) is 0 Å². The topological polar surface area (TPSA) is 0 Å². The fourth-order valence-electron chi connectivity index (χ4n) is 3.29. The molecular weight excluding hydrogens is 280 g/mol.